The minimum Gasteiger partial charge on any atom is -0.402 e. The molecule has 1 aromatic heterocycles. The number of tetrazole rings is 1. The van der Waals surface area contributed by atoms with Crippen molar-refractivity contribution in [2.24, 2.45) is 5.73 Å². The summed E-state index contributed by atoms with van der Waals surface area (Å²) in [4.78, 5) is 0. The number of unbranched alkanes of at least 4 members (excludes halogenated alkanes) is 1. The quantitative estimate of drug-likeness (QED) is 0.290. The van der Waals surface area contributed by atoms with Crippen molar-refractivity contribution < 1.29 is 19.1 Å². The maximum atomic E-state index is 13.9. The number of hydrogen-bond donors (Lipinski definition) is 4. The number of anilines is 1. The Hall–Kier alpha value is -2.08. The molecule has 1 unspecified atom stereocenters. The number of halogens is 1. The van der Waals surface area contributed by atoms with Crippen LogP contribution in [0.3, 0.4) is 0 Å². The molecule has 0 amide bonds. The molecular weight excluding hydrogens is 306 g/mol. The van der Waals surface area contributed by atoms with Crippen molar-refractivity contribution in [3.8, 4) is 5.69 Å². The molecule has 0 saturated heterocycles. The van der Waals surface area contributed by atoms with Crippen LogP contribution in [0, 0.1) is 5.82 Å². The zero-order valence-electron chi connectivity index (χ0n) is 12.3. The first-order chi connectivity index (χ1) is 11.0. The second kappa shape index (κ2) is 7.97. The van der Waals surface area contributed by atoms with Crippen LogP contribution in [0.4, 0.5) is 10.1 Å². The molecule has 2 aromatic rings. The van der Waals surface area contributed by atoms with Gasteiger partial charge in [-0.3, -0.25) is 0 Å². The highest BCUT2D eigenvalue weighted by Gasteiger charge is 2.18. The van der Waals surface area contributed by atoms with Gasteiger partial charge in [0.1, 0.15) is 11.5 Å². The van der Waals surface area contributed by atoms with Gasteiger partial charge in [-0.05, 0) is 47.9 Å². The van der Waals surface area contributed by atoms with E-state index in [0.29, 0.717) is 30.8 Å². The summed E-state index contributed by atoms with van der Waals surface area (Å²) in [5.74, 6) is -0.192. The fourth-order valence-electron chi connectivity index (χ4n) is 2.07. The number of aromatic nitrogens is 4. The zero-order valence-corrected chi connectivity index (χ0v) is 12.3. The number of nitrogens with zero attached hydrogens (tertiary/aromatic N) is 4. The Labute approximate surface area is 132 Å². The normalized spacial score (nSPS) is 12.3. The predicted octanol–water partition coefficient (Wildman–Crippen LogP) is -0.460. The second-order valence-electron chi connectivity index (χ2n) is 4.96. The monoisotopic (exact) mass is 324 g/mol. The lowest BCUT2D eigenvalue weighted by Crippen LogP contribution is -2.19. The van der Waals surface area contributed by atoms with Gasteiger partial charge in [0, 0.05) is 12.3 Å². The molecule has 2 rings (SSSR count). The van der Waals surface area contributed by atoms with Crippen molar-refractivity contribution in [1.82, 2.24) is 20.2 Å². The molecule has 11 heteroatoms. The largest absolute Gasteiger partial charge is 0.633 e. The lowest BCUT2D eigenvalue weighted by atomic mass is 10.1. The van der Waals surface area contributed by atoms with Crippen LogP contribution in [0.15, 0.2) is 18.2 Å². The van der Waals surface area contributed by atoms with Gasteiger partial charge in [0.2, 0.25) is 0 Å². The fraction of sp³-hybridized carbons (Fsp3) is 0.417. The van der Waals surface area contributed by atoms with Gasteiger partial charge < -0.3 is 26.2 Å². The Kier molecular flexibility index (Phi) is 5.99. The van der Waals surface area contributed by atoms with Gasteiger partial charge in [-0.2, -0.15) is 4.68 Å². The standard InChI is InChI=1S/C12H18BFN6O3/c14-9-5-4-8(15)7-11(9)20-12(17-18-19-20)10(16)3-1-2-6-23-13(21)22/h4-5,7,10,21-22H,1-3,6,15-16H2. The van der Waals surface area contributed by atoms with E-state index in [0.717, 1.165) is 0 Å². The number of nitrogen functional groups attached to an aromatic ring is 1. The van der Waals surface area contributed by atoms with Crippen LogP contribution in [0.5, 0.6) is 0 Å². The van der Waals surface area contributed by atoms with Crippen LogP contribution in [0.1, 0.15) is 31.1 Å². The fourth-order valence-corrected chi connectivity index (χ4v) is 2.07. The van der Waals surface area contributed by atoms with Gasteiger partial charge in [-0.15, -0.1) is 5.10 Å². The third kappa shape index (κ3) is 4.70. The number of hydrogen-bond acceptors (Lipinski definition) is 8. The number of nitrogens with two attached hydrogens (primary N) is 2. The Morgan fingerprint density at radius 1 is 1.35 bits per heavy atom. The zero-order chi connectivity index (χ0) is 16.8. The van der Waals surface area contributed by atoms with Crippen molar-refractivity contribution >= 4 is 13.0 Å². The highest BCUT2D eigenvalue weighted by Crippen LogP contribution is 2.21. The van der Waals surface area contributed by atoms with Crippen LogP contribution in [0.2, 0.25) is 0 Å². The van der Waals surface area contributed by atoms with E-state index in [1.165, 1.54) is 22.9 Å². The third-order valence-electron chi connectivity index (χ3n) is 3.20. The number of rotatable bonds is 8. The molecule has 23 heavy (non-hydrogen) atoms. The molecule has 1 heterocycles. The van der Waals surface area contributed by atoms with Gasteiger partial charge in [0.15, 0.2) is 5.82 Å². The summed E-state index contributed by atoms with van der Waals surface area (Å²) in [7, 11) is -1.78. The van der Waals surface area contributed by atoms with Crippen molar-refractivity contribution in [2.75, 3.05) is 12.3 Å². The molecule has 9 nitrogen and oxygen atoms in total. The van der Waals surface area contributed by atoms with E-state index >= 15 is 0 Å². The molecule has 0 aliphatic heterocycles. The Balaban J connectivity index is 2.01. The number of benzene rings is 1. The molecule has 0 aliphatic carbocycles. The summed E-state index contributed by atoms with van der Waals surface area (Å²) >= 11 is 0. The Bertz CT molecular complexity index is 641. The minimum atomic E-state index is -1.78. The molecule has 6 N–H and O–H groups in total. The predicted molar refractivity (Wildman–Crippen MR) is 80.4 cm³/mol. The van der Waals surface area contributed by atoms with Gasteiger partial charge in [0.05, 0.1) is 6.04 Å². The van der Waals surface area contributed by atoms with E-state index in [1.54, 1.807) is 0 Å². The first kappa shape index (κ1) is 17.3. The molecule has 0 fully saturated rings. The molecule has 0 radical (unpaired) electrons. The first-order valence-corrected chi connectivity index (χ1v) is 7.06. The van der Waals surface area contributed by atoms with E-state index in [1.807, 2.05) is 0 Å². The van der Waals surface area contributed by atoms with Crippen molar-refractivity contribution in [2.45, 2.75) is 25.3 Å². The molecule has 124 valence electrons. The highest BCUT2D eigenvalue weighted by atomic mass is 19.1. The molecule has 0 spiro atoms. The van der Waals surface area contributed by atoms with Crippen LogP contribution in [-0.2, 0) is 4.65 Å². The summed E-state index contributed by atoms with van der Waals surface area (Å²) in [6, 6.07) is 3.60. The van der Waals surface area contributed by atoms with E-state index in [-0.39, 0.29) is 12.3 Å². The SMILES string of the molecule is Nc1ccc(F)c(-n2nnnc2C(N)CCCCOB(O)O)c1. The van der Waals surface area contributed by atoms with Crippen LogP contribution in [-0.4, -0.2) is 44.2 Å². The van der Waals surface area contributed by atoms with E-state index in [9.17, 15) is 4.39 Å². The van der Waals surface area contributed by atoms with Gasteiger partial charge >= 0.3 is 7.32 Å². The third-order valence-corrected chi connectivity index (χ3v) is 3.20. The van der Waals surface area contributed by atoms with E-state index in [2.05, 4.69) is 20.2 Å². The van der Waals surface area contributed by atoms with Crippen LogP contribution < -0.4 is 11.5 Å². The summed E-state index contributed by atoms with van der Waals surface area (Å²) in [5.41, 5.74) is 12.2. The Morgan fingerprint density at radius 2 is 2.13 bits per heavy atom. The molecule has 0 bridgehead atoms. The molecule has 0 aliphatic rings. The average molecular weight is 324 g/mol. The van der Waals surface area contributed by atoms with Crippen molar-refractivity contribution in [1.29, 1.82) is 0 Å². The molecular formula is C12H18BFN6O3. The molecule has 0 saturated carbocycles. The lowest BCUT2D eigenvalue weighted by molar-refractivity contribution is 0.181. The summed E-state index contributed by atoms with van der Waals surface area (Å²) in [6.45, 7) is 0.194. The summed E-state index contributed by atoms with van der Waals surface area (Å²) in [6.07, 6.45) is 1.76. The maximum absolute atomic E-state index is 13.9. The topological polar surface area (TPSA) is 145 Å². The molecule has 1 atom stereocenters. The average Bonchev–Trinajstić information content (AvgIpc) is 2.98. The van der Waals surface area contributed by atoms with Crippen molar-refractivity contribution in [3.63, 3.8) is 0 Å². The van der Waals surface area contributed by atoms with E-state index in [4.69, 9.17) is 21.5 Å². The summed E-state index contributed by atoms with van der Waals surface area (Å²) < 4.78 is 19.8. The minimum absolute atomic E-state index is 0.132. The highest BCUT2D eigenvalue weighted by molar-refractivity contribution is 6.32. The van der Waals surface area contributed by atoms with E-state index < -0.39 is 19.2 Å². The second-order valence-corrected chi connectivity index (χ2v) is 4.96. The van der Waals surface area contributed by atoms with Gasteiger partial charge in [0.25, 0.3) is 0 Å². The lowest BCUT2D eigenvalue weighted by Gasteiger charge is -2.12. The Morgan fingerprint density at radius 3 is 2.87 bits per heavy atom. The van der Waals surface area contributed by atoms with Gasteiger partial charge in [-0.25, -0.2) is 4.39 Å². The van der Waals surface area contributed by atoms with Crippen molar-refractivity contribution in [3.05, 3.63) is 29.8 Å². The maximum Gasteiger partial charge on any atom is 0.633 e. The van der Waals surface area contributed by atoms with Crippen LogP contribution >= 0.6 is 0 Å². The summed E-state index contributed by atoms with van der Waals surface area (Å²) in [5, 5.41) is 28.3. The van der Waals surface area contributed by atoms with Gasteiger partial charge in [-0.1, -0.05) is 0 Å². The smallest absolute Gasteiger partial charge is 0.402 e. The first-order valence-electron chi connectivity index (χ1n) is 7.06. The molecule has 1 aromatic carbocycles. The van der Waals surface area contributed by atoms with Crippen LogP contribution in [0.25, 0.3) is 5.69 Å².